The van der Waals surface area contributed by atoms with Crippen molar-refractivity contribution in [3.05, 3.63) is 60.2 Å². The summed E-state index contributed by atoms with van der Waals surface area (Å²) in [5.41, 5.74) is 2.72. The second-order valence-corrected chi connectivity index (χ2v) is 6.89. The molecule has 2 aromatic carbocycles. The van der Waals surface area contributed by atoms with Crippen LogP contribution in [0, 0.1) is 0 Å². The fraction of sp³-hybridized carbons (Fsp3) is 0.350. The average Bonchev–Trinajstić information content (AvgIpc) is 2.86. The maximum atomic E-state index is 6.35. The fourth-order valence-electron chi connectivity index (χ4n) is 3.13. The summed E-state index contributed by atoms with van der Waals surface area (Å²) >= 11 is 0. The Morgan fingerprint density at radius 3 is 2.17 bits per heavy atom. The van der Waals surface area contributed by atoms with Gasteiger partial charge < -0.3 is 9.64 Å². The molecule has 0 bridgehead atoms. The number of hydrogen-bond acceptors (Lipinski definition) is 3. The van der Waals surface area contributed by atoms with Gasteiger partial charge in [0.25, 0.3) is 0 Å². The van der Waals surface area contributed by atoms with Crippen molar-refractivity contribution in [1.29, 1.82) is 0 Å². The van der Waals surface area contributed by atoms with Gasteiger partial charge in [-0.25, -0.2) is 4.99 Å². The van der Waals surface area contributed by atoms with Gasteiger partial charge in [0.15, 0.2) is 5.72 Å². The number of benzene rings is 2. The summed E-state index contributed by atoms with van der Waals surface area (Å²) < 4.78 is 6.35. The Bertz CT molecular complexity index is 691. The highest BCUT2D eigenvalue weighted by Gasteiger charge is 2.36. The minimum Gasteiger partial charge on any atom is -0.361 e. The van der Waals surface area contributed by atoms with Crippen molar-refractivity contribution in [2.24, 2.45) is 4.99 Å². The zero-order valence-electron chi connectivity index (χ0n) is 14.3. The molecule has 0 N–H and O–H groups in total. The highest BCUT2D eigenvalue weighted by atomic mass is 16.5. The first kappa shape index (κ1) is 15.8. The predicted molar refractivity (Wildman–Crippen MR) is 95.5 cm³/mol. The Morgan fingerprint density at radius 2 is 1.61 bits per heavy atom. The standard InChI is InChI=1S/C20H24N2O/c1-19(2,23-20(3)14-22(4)15-21-20)18-12-10-17(11-13-18)16-8-6-5-7-9-16/h5-13,15H,14H2,1-4H3. The molecule has 3 heteroatoms. The van der Waals surface area contributed by atoms with E-state index in [1.54, 1.807) is 0 Å². The van der Waals surface area contributed by atoms with E-state index in [1.165, 1.54) is 11.1 Å². The highest BCUT2D eigenvalue weighted by molar-refractivity contribution is 5.63. The molecule has 1 aliphatic heterocycles. The SMILES string of the molecule is CN1C=NC(C)(OC(C)(C)c2ccc(-c3ccccc3)cc2)C1. The maximum Gasteiger partial charge on any atom is 0.176 e. The lowest BCUT2D eigenvalue weighted by atomic mass is 9.94. The van der Waals surface area contributed by atoms with E-state index >= 15 is 0 Å². The van der Waals surface area contributed by atoms with E-state index in [2.05, 4.69) is 72.3 Å². The predicted octanol–water partition coefficient (Wildman–Crippen LogP) is 4.30. The molecule has 0 saturated carbocycles. The van der Waals surface area contributed by atoms with Crippen LogP contribution in [0.2, 0.25) is 0 Å². The van der Waals surface area contributed by atoms with Crippen LogP contribution in [0.4, 0.5) is 0 Å². The molecule has 120 valence electrons. The van der Waals surface area contributed by atoms with Crippen molar-refractivity contribution in [2.45, 2.75) is 32.1 Å². The first-order valence-electron chi connectivity index (χ1n) is 8.00. The van der Waals surface area contributed by atoms with E-state index in [4.69, 9.17) is 4.74 Å². The van der Waals surface area contributed by atoms with Gasteiger partial charge in [-0.15, -0.1) is 0 Å². The molecular formula is C20H24N2O. The first-order chi connectivity index (χ1) is 10.9. The summed E-state index contributed by atoms with van der Waals surface area (Å²) in [4.78, 5) is 6.55. The van der Waals surface area contributed by atoms with Crippen LogP contribution in [0.15, 0.2) is 59.6 Å². The lowest BCUT2D eigenvalue weighted by Gasteiger charge is -2.34. The molecule has 0 spiro atoms. The Labute approximate surface area is 138 Å². The van der Waals surface area contributed by atoms with Crippen LogP contribution in [-0.4, -0.2) is 30.6 Å². The van der Waals surface area contributed by atoms with Gasteiger partial charge in [0.2, 0.25) is 0 Å². The molecule has 1 atom stereocenters. The van der Waals surface area contributed by atoms with E-state index in [1.807, 2.05) is 26.4 Å². The van der Waals surface area contributed by atoms with Crippen LogP contribution in [-0.2, 0) is 10.3 Å². The molecule has 0 aliphatic carbocycles. The minimum absolute atomic E-state index is 0.396. The van der Waals surface area contributed by atoms with Crippen molar-refractivity contribution < 1.29 is 4.74 Å². The van der Waals surface area contributed by atoms with Crippen molar-refractivity contribution in [1.82, 2.24) is 4.90 Å². The molecule has 0 saturated heterocycles. The molecule has 0 aromatic heterocycles. The van der Waals surface area contributed by atoms with Crippen molar-refractivity contribution >= 4 is 6.34 Å². The molecule has 0 fully saturated rings. The molecule has 1 unspecified atom stereocenters. The second kappa shape index (κ2) is 5.82. The van der Waals surface area contributed by atoms with E-state index < -0.39 is 11.3 Å². The number of nitrogens with zero attached hydrogens (tertiary/aromatic N) is 2. The molecule has 3 nitrogen and oxygen atoms in total. The molecule has 1 aliphatic rings. The molecule has 0 amide bonds. The smallest absolute Gasteiger partial charge is 0.176 e. The highest BCUT2D eigenvalue weighted by Crippen LogP contribution is 2.33. The van der Waals surface area contributed by atoms with Gasteiger partial charge in [-0.1, -0.05) is 54.6 Å². The summed E-state index contributed by atoms with van der Waals surface area (Å²) in [5, 5.41) is 0. The fourth-order valence-corrected chi connectivity index (χ4v) is 3.13. The average molecular weight is 308 g/mol. The van der Waals surface area contributed by atoms with Crippen LogP contribution in [0.25, 0.3) is 11.1 Å². The molecule has 2 aromatic rings. The molecular weight excluding hydrogens is 284 g/mol. The third-order valence-corrected chi connectivity index (χ3v) is 4.23. The largest absolute Gasteiger partial charge is 0.361 e. The minimum atomic E-state index is -0.490. The zero-order chi connectivity index (χ0) is 16.5. The molecule has 23 heavy (non-hydrogen) atoms. The van der Waals surface area contributed by atoms with E-state index in [0.29, 0.717) is 0 Å². The third kappa shape index (κ3) is 3.45. The monoisotopic (exact) mass is 308 g/mol. The Kier molecular flexibility index (Phi) is 3.99. The van der Waals surface area contributed by atoms with Gasteiger partial charge in [-0.2, -0.15) is 0 Å². The van der Waals surface area contributed by atoms with Crippen molar-refractivity contribution in [3.63, 3.8) is 0 Å². The number of rotatable bonds is 4. The molecule has 3 rings (SSSR count). The normalized spacial score (nSPS) is 21.0. The Balaban J connectivity index is 1.79. The Hall–Kier alpha value is -2.13. The summed E-state index contributed by atoms with van der Waals surface area (Å²) in [6.07, 6.45) is 1.84. The molecule has 1 heterocycles. The number of aliphatic imine (C=N–C) groups is 1. The quantitative estimate of drug-likeness (QED) is 0.841. The van der Waals surface area contributed by atoms with Crippen molar-refractivity contribution in [3.8, 4) is 11.1 Å². The van der Waals surface area contributed by atoms with Crippen molar-refractivity contribution in [2.75, 3.05) is 13.6 Å². The van der Waals surface area contributed by atoms with Gasteiger partial charge in [0.1, 0.15) is 0 Å². The van der Waals surface area contributed by atoms with Crippen LogP contribution in [0.3, 0.4) is 0 Å². The third-order valence-electron chi connectivity index (χ3n) is 4.23. The van der Waals surface area contributed by atoms with E-state index in [-0.39, 0.29) is 0 Å². The topological polar surface area (TPSA) is 24.8 Å². The van der Waals surface area contributed by atoms with Crippen LogP contribution in [0.1, 0.15) is 26.3 Å². The summed E-state index contributed by atoms with van der Waals surface area (Å²) in [6, 6.07) is 19.0. The first-order valence-corrected chi connectivity index (χ1v) is 8.00. The van der Waals surface area contributed by atoms with Gasteiger partial charge in [0.05, 0.1) is 18.5 Å². The lowest BCUT2D eigenvalue weighted by Crippen LogP contribution is -2.39. The number of ether oxygens (including phenoxy) is 1. The number of hydrogen-bond donors (Lipinski definition) is 0. The van der Waals surface area contributed by atoms with Gasteiger partial charge in [0, 0.05) is 7.05 Å². The summed E-state index contributed by atoms with van der Waals surface area (Å²) in [6.45, 7) is 7.01. The summed E-state index contributed by atoms with van der Waals surface area (Å²) in [5.74, 6) is 0. The summed E-state index contributed by atoms with van der Waals surface area (Å²) in [7, 11) is 2.01. The van der Waals surface area contributed by atoms with Gasteiger partial charge in [-0.3, -0.25) is 0 Å². The van der Waals surface area contributed by atoms with Gasteiger partial charge in [-0.05, 0) is 37.5 Å². The Morgan fingerprint density at radius 1 is 1.00 bits per heavy atom. The zero-order valence-corrected chi connectivity index (χ0v) is 14.3. The lowest BCUT2D eigenvalue weighted by molar-refractivity contribution is -0.130. The van der Waals surface area contributed by atoms with E-state index in [0.717, 1.165) is 12.1 Å². The van der Waals surface area contributed by atoms with Gasteiger partial charge >= 0.3 is 0 Å². The second-order valence-electron chi connectivity index (χ2n) is 6.89. The maximum absolute atomic E-state index is 6.35. The number of likely N-dealkylation sites (N-methyl/N-ethyl adjacent to an activating group) is 1. The van der Waals surface area contributed by atoms with Crippen LogP contribution in [0.5, 0.6) is 0 Å². The van der Waals surface area contributed by atoms with Crippen LogP contribution < -0.4 is 0 Å². The van der Waals surface area contributed by atoms with E-state index in [9.17, 15) is 0 Å². The van der Waals surface area contributed by atoms with Crippen LogP contribution >= 0.6 is 0 Å². The molecule has 0 radical (unpaired) electrons.